The molecule has 2 amide bonds. The Labute approximate surface area is 107 Å². The molecular formula is C12H22N2O4. The van der Waals surface area contributed by atoms with Crippen molar-refractivity contribution in [3.63, 3.8) is 0 Å². The highest BCUT2D eigenvalue weighted by atomic mass is 16.4. The zero-order valence-electron chi connectivity index (χ0n) is 11.3. The van der Waals surface area contributed by atoms with Gasteiger partial charge in [0.1, 0.15) is 6.04 Å². The van der Waals surface area contributed by atoms with Crippen LogP contribution in [-0.4, -0.2) is 63.8 Å². The first-order valence-electron chi connectivity index (χ1n) is 6.20. The van der Waals surface area contributed by atoms with E-state index in [-0.39, 0.29) is 31.0 Å². The third kappa shape index (κ3) is 2.93. The molecule has 0 radical (unpaired) electrons. The maximum Gasteiger partial charge on any atom is 0.326 e. The fourth-order valence-corrected chi connectivity index (χ4v) is 2.08. The van der Waals surface area contributed by atoms with E-state index in [0.717, 1.165) is 0 Å². The zero-order chi connectivity index (χ0) is 14.0. The van der Waals surface area contributed by atoms with Crippen LogP contribution in [0.15, 0.2) is 0 Å². The van der Waals surface area contributed by atoms with Gasteiger partial charge in [0.2, 0.25) is 0 Å². The molecule has 0 aromatic rings. The lowest BCUT2D eigenvalue weighted by Crippen LogP contribution is -2.50. The van der Waals surface area contributed by atoms with Gasteiger partial charge in [-0.15, -0.1) is 0 Å². The molecule has 3 unspecified atom stereocenters. The molecule has 1 rings (SSSR count). The normalized spacial score (nSPS) is 25.3. The highest BCUT2D eigenvalue weighted by molar-refractivity contribution is 5.83. The number of rotatable bonds is 3. The first-order chi connectivity index (χ1) is 8.25. The molecule has 1 aliphatic rings. The molecule has 1 fully saturated rings. The van der Waals surface area contributed by atoms with Gasteiger partial charge in [0, 0.05) is 26.1 Å². The van der Waals surface area contributed by atoms with Crippen LogP contribution >= 0.6 is 0 Å². The molecule has 18 heavy (non-hydrogen) atoms. The first-order valence-corrected chi connectivity index (χ1v) is 6.20. The minimum atomic E-state index is -1.06. The predicted octanol–water partition coefficient (Wildman–Crippen LogP) is 0.603. The summed E-state index contributed by atoms with van der Waals surface area (Å²) in [6.45, 7) is 6.01. The fourth-order valence-electron chi connectivity index (χ4n) is 2.08. The average molecular weight is 258 g/mol. The highest BCUT2D eigenvalue weighted by Crippen LogP contribution is 2.21. The van der Waals surface area contributed by atoms with E-state index < -0.39 is 18.1 Å². The smallest absolute Gasteiger partial charge is 0.326 e. The van der Waals surface area contributed by atoms with Crippen LogP contribution in [0, 0.1) is 5.92 Å². The Kier molecular flexibility index (Phi) is 4.56. The Morgan fingerprint density at radius 3 is 2.33 bits per heavy atom. The van der Waals surface area contributed by atoms with Gasteiger partial charge in [-0.05, 0) is 12.8 Å². The van der Waals surface area contributed by atoms with E-state index in [2.05, 4.69) is 0 Å². The minimum Gasteiger partial charge on any atom is -0.480 e. The molecule has 1 heterocycles. The molecule has 6 nitrogen and oxygen atoms in total. The van der Waals surface area contributed by atoms with Gasteiger partial charge in [0.15, 0.2) is 0 Å². The SMILES string of the molecule is CC(C)C(C)N(C)C(=O)N1CC(O)CC1C(=O)O. The third-order valence-corrected chi connectivity index (χ3v) is 3.69. The van der Waals surface area contributed by atoms with Crippen molar-refractivity contribution in [2.75, 3.05) is 13.6 Å². The van der Waals surface area contributed by atoms with Crippen LogP contribution in [0.1, 0.15) is 27.2 Å². The van der Waals surface area contributed by atoms with Crippen molar-refractivity contribution in [2.45, 2.75) is 45.4 Å². The summed E-state index contributed by atoms with van der Waals surface area (Å²) < 4.78 is 0. The van der Waals surface area contributed by atoms with Crippen LogP contribution < -0.4 is 0 Å². The topological polar surface area (TPSA) is 81.1 Å². The van der Waals surface area contributed by atoms with E-state index in [9.17, 15) is 14.7 Å². The van der Waals surface area contributed by atoms with Crippen molar-refractivity contribution in [2.24, 2.45) is 5.92 Å². The standard InChI is InChI=1S/C12H22N2O4/c1-7(2)8(3)13(4)12(18)14-6-9(15)5-10(14)11(16)17/h7-10,15H,5-6H2,1-4H3,(H,16,17). The summed E-state index contributed by atoms with van der Waals surface area (Å²) in [7, 11) is 1.66. The number of urea groups is 1. The number of amides is 2. The molecule has 0 bridgehead atoms. The maximum absolute atomic E-state index is 12.2. The van der Waals surface area contributed by atoms with Gasteiger partial charge < -0.3 is 20.0 Å². The van der Waals surface area contributed by atoms with Crippen LogP contribution in [0.2, 0.25) is 0 Å². The average Bonchev–Trinajstić information content (AvgIpc) is 2.68. The lowest BCUT2D eigenvalue weighted by atomic mass is 10.1. The lowest BCUT2D eigenvalue weighted by molar-refractivity contribution is -0.141. The molecule has 2 N–H and O–H groups in total. The quantitative estimate of drug-likeness (QED) is 0.777. The van der Waals surface area contributed by atoms with Crippen LogP contribution in [0.3, 0.4) is 0 Å². The Bertz CT molecular complexity index is 332. The number of hydrogen-bond donors (Lipinski definition) is 2. The lowest BCUT2D eigenvalue weighted by Gasteiger charge is -2.33. The number of hydrogen-bond acceptors (Lipinski definition) is 3. The summed E-state index contributed by atoms with van der Waals surface area (Å²) >= 11 is 0. The Morgan fingerprint density at radius 2 is 1.89 bits per heavy atom. The van der Waals surface area contributed by atoms with Crippen molar-refractivity contribution >= 4 is 12.0 Å². The molecule has 0 aromatic heterocycles. The van der Waals surface area contributed by atoms with Gasteiger partial charge in [-0.1, -0.05) is 13.8 Å². The van der Waals surface area contributed by atoms with Gasteiger partial charge >= 0.3 is 12.0 Å². The first kappa shape index (κ1) is 14.8. The van der Waals surface area contributed by atoms with E-state index in [1.54, 1.807) is 11.9 Å². The molecule has 0 spiro atoms. The summed E-state index contributed by atoms with van der Waals surface area (Å²) in [5.74, 6) is -0.778. The van der Waals surface area contributed by atoms with Crippen LogP contribution in [0.4, 0.5) is 4.79 Å². The van der Waals surface area contributed by atoms with E-state index in [1.165, 1.54) is 4.90 Å². The number of nitrogens with zero attached hydrogens (tertiary/aromatic N) is 2. The van der Waals surface area contributed by atoms with Crippen molar-refractivity contribution < 1.29 is 19.8 Å². The van der Waals surface area contributed by atoms with E-state index in [4.69, 9.17) is 5.11 Å². The van der Waals surface area contributed by atoms with Gasteiger partial charge in [0.25, 0.3) is 0 Å². The second-order valence-electron chi connectivity index (χ2n) is 5.27. The third-order valence-electron chi connectivity index (χ3n) is 3.69. The zero-order valence-corrected chi connectivity index (χ0v) is 11.3. The number of β-amino-alcohol motifs (C(OH)–C–C–N with tert-alkyl or cyclic N) is 1. The molecule has 0 aromatic carbocycles. The van der Waals surface area contributed by atoms with Crippen LogP contribution in [-0.2, 0) is 4.79 Å². The minimum absolute atomic E-state index is 0.0182. The molecule has 6 heteroatoms. The molecule has 0 saturated carbocycles. The van der Waals surface area contributed by atoms with E-state index in [1.807, 2.05) is 20.8 Å². The monoisotopic (exact) mass is 258 g/mol. The molecule has 104 valence electrons. The van der Waals surface area contributed by atoms with Crippen LogP contribution in [0.25, 0.3) is 0 Å². The fraction of sp³-hybridized carbons (Fsp3) is 0.833. The van der Waals surface area contributed by atoms with E-state index >= 15 is 0 Å². The van der Waals surface area contributed by atoms with Gasteiger partial charge in [0.05, 0.1) is 6.10 Å². The number of aliphatic carboxylic acids is 1. The number of aliphatic hydroxyl groups is 1. The second-order valence-corrected chi connectivity index (χ2v) is 5.27. The summed E-state index contributed by atoms with van der Waals surface area (Å²) in [4.78, 5) is 26.1. The summed E-state index contributed by atoms with van der Waals surface area (Å²) in [6.07, 6.45) is -0.650. The number of carbonyl (C=O) groups excluding carboxylic acids is 1. The number of aliphatic hydroxyl groups excluding tert-OH is 1. The number of carboxylic acids is 1. The van der Waals surface area contributed by atoms with Crippen molar-refractivity contribution in [3.05, 3.63) is 0 Å². The van der Waals surface area contributed by atoms with Crippen molar-refractivity contribution in [3.8, 4) is 0 Å². The van der Waals surface area contributed by atoms with Crippen molar-refractivity contribution in [1.29, 1.82) is 0 Å². The summed E-state index contributed by atoms with van der Waals surface area (Å²) in [6, 6.07) is -1.24. The highest BCUT2D eigenvalue weighted by Gasteiger charge is 2.40. The Hall–Kier alpha value is -1.30. The molecule has 0 aliphatic carbocycles. The molecule has 1 saturated heterocycles. The Balaban J connectivity index is 2.79. The van der Waals surface area contributed by atoms with Gasteiger partial charge in [-0.2, -0.15) is 0 Å². The predicted molar refractivity (Wildman–Crippen MR) is 66.2 cm³/mol. The van der Waals surface area contributed by atoms with Crippen molar-refractivity contribution in [1.82, 2.24) is 9.80 Å². The Morgan fingerprint density at radius 1 is 1.33 bits per heavy atom. The van der Waals surface area contributed by atoms with Crippen LogP contribution in [0.5, 0.6) is 0 Å². The number of carboxylic acid groups (broad SMARTS) is 1. The molecule has 3 atom stereocenters. The van der Waals surface area contributed by atoms with Gasteiger partial charge in [-0.3, -0.25) is 0 Å². The summed E-state index contributed by atoms with van der Waals surface area (Å²) in [5.41, 5.74) is 0. The molecular weight excluding hydrogens is 236 g/mol. The molecule has 1 aliphatic heterocycles. The number of carbonyl (C=O) groups is 2. The maximum atomic E-state index is 12.2. The second kappa shape index (κ2) is 5.56. The number of likely N-dealkylation sites (tertiary alicyclic amines) is 1. The summed E-state index contributed by atoms with van der Waals surface area (Å²) in [5, 5.41) is 18.6. The largest absolute Gasteiger partial charge is 0.480 e. The van der Waals surface area contributed by atoms with Gasteiger partial charge in [-0.25, -0.2) is 9.59 Å². The van der Waals surface area contributed by atoms with E-state index in [0.29, 0.717) is 0 Å².